The number of likely N-dealkylation sites (N-methyl/N-ethyl adjacent to an activating group) is 1. The van der Waals surface area contributed by atoms with E-state index >= 15 is 0 Å². The van der Waals surface area contributed by atoms with E-state index in [1.54, 1.807) is 11.4 Å². The molecule has 1 N–H and O–H groups in total. The summed E-state index contributed by atoms with van der Waals surface area (Å²) < 4.78 is 33.7. The van der Waals surface area contributed by atoms with Gasteiger partial charge in [0.2, 0.25) is 0 Å². The lowest BCUT2D eigenvalue weighted by molar-refractivity contribution is 0.135. The minimum absolute atomic E-state index is 0.0562. The highest BCUT2D eigenvalue weighted by Gasteiger charge is 2.34. The molecule has 1 rings (SSSR count). The summed E-state index contributed by atoms with van der Waals surface area (Å²) in [7, 11) is -1.76. The van der Waals surface area contributed by atoms with Gasteiger partial charge in [-0.3, -0.25) is 0 Å². The SMILES string of the molecule is CCOCCN(C)S(=O)(=O)N1CCCCC1CNC(C)C. The predicted octanol–water partition coefficient (Wildman–Crippen LogP) is 1.05. The van der Waals surface area contributed by atoms with Gasteiger partial charge in [0, 0.05) is 45.4 Å². The molecule has 0 aromatic heterocycles. The van der Waals surface area contributed by atoms with Crippen LogP contribution in [-0.4, -0.2) is 69.0 Å². The van der Waals surface area contributed by atoms with Crippen LogP contribution in [0.2, 0.25) is 0 Å². The van der Waals surface area contributed by atoms with Gasteiger partial charge in [0.1, 0.15) is 0 Å². The second-order valence-corrected chi connectivity index (χ2v) is 7.84. The molecule has 1 heterocycles. The van der Waals surface area contributed by atoms with Crippen LogP contribution in [0.4, 0.5) is 0 Å². The third kappa shape index (κ3) is 5.83. The highest BCUT2D eigenvalue weighted by atomic mass is 32.2. The van der Waals surface area contributed by atoms with Gasteiger partial charge < -0.3 is 10.1 Å². The molecule has 1 aliphatic rings. The highest BCUT2D eigenvalue weighted by Crippen LogP contribution is 2.21. The van der Waals surface area contributed by atoms with E-state index in [0.29, 0.717) is 32.3 Å². The van der Waals surface area contributed by atoms with Gasteiger partial charge in [-0.15, -0.1) is 0 Å². The molecule has 0 aromatic carbocycles. The minimum atomic E-state index is -3.39. The maximum atomic E-state index is 12.7. The second-order valence-electron chi connectivity index (χ2n) is 5.85. The number of piperidine rings is 1. The molecule has 1 aliphatic heterocycles. The standard InChI is InChI=1S/C14H31N3O3S/c1-5-20-11-10-16(4)21(18,19)17-9-7-6-8-14(17)12-15-13(2)3/h13-15H,5-12H2,1-4H3. The van der Waals surface area contributed by atoms with Gasteiger partial charge >= 0.3 is 0 Å². The van der Waals surface area contributed by atoms with Crippen molar-refractivity contribution in [1.82, 2.24) is 13.9 Å². The summed E-state index contributed by atoms with van der Waals surface area (Å²) in [5.74, 6) is 0. The van der Waals surface area contributed by atoms with E-state index in [-0.39, 0.29) is 6.04 Å². The highest BCUT2D eigenvalue weighted by molar-refractivity contribution is 7.86. The van der Waals surface area contributed by atoms with Crippen molar-refractivity contribution in [3.8, 4) is 0 Å². The van der Waals surface area contributed by atoms with Crippen LogP contribution in [0.15, 0.2) is 0 Å². The number of ether oxygens (including phenoxy) is 1. The molecule has 0 aromatic rings. The molecular formula is C14H31N3O3S. The Balaban J connectivity index is 2.67. The molecule has 0 saturated carbocycles. The van der Waals surface area contributed by atoms with Crippen molar-refractivity contribution in [2.24, 2.45) is 0 Å². The molecule has 126 valence electrons. The number of hydrogen-bond acceptors (Lipinski definition) is 4. The largest absolute Gasteiger partial charge is 0.380 e. The van der Waals surface area contributed by atoms with E-state index in [2.05, 4.69) is 19.2 Å². The predicted molar refractivity (Wildman–Crippen MR) is 85.5 cm³/mol. The third-order valence-electron chi connectivity index (χ3n) is 3.78. The summed E-state index contributed by atoms with van der Waals surface area (Å²) in [6.07, 6.45) is 2.97. The van der Waals surface area contributed by atoms with Crippen molar-refractivity contribution in [2.75, 3.05) is 39.9 Å². The maximum Gasteiger partial charge on any atom is 0.282 e. The van der Waals surface area contributed by atoms with Crippen molar-refractivity contribution in [2.45, 2.75) is 52.1 Å². The Morgan fingerprint density at radius 1 is 1.38 bits per heavy atom. The first kappa shape index (κ1) is 18.8. The molecule has 1 fully saturated rings. The molecule has 0 aliphatic carbocycles. The topological polar surface area (TPSA) is 61.9 Å². The normalized spacial score (nSPS) is 21.3. The molecular weight excluding hydrogens is 290 g/mol. The first-order valence-electron chi connectivity index (χ1n) is 7.93. The summed E-state index contributed by atoms with van der Waals surface area (Å²) in [6.45, 7) is 8.85. The molecule has 1 saturated heterocycles. The van der Waals surface area contributed by atoms with Gasteiger partial charge in [-0.05, 0) is 19.8 Å². The van der Waals surface area contributed by atoms with Crippen LogP contribution >= 0.6 is 0 Å². The zero-order chi connectivity index (χ0) is 15.9. The van der Waals surface area contributed by atoms with Gasteiger partial charge in [0.15, 0.2) is 0 Å². The van der Waals surface area contributed by atoms with Gasteiger partial charge in [-0.1, -0.05) is 20.3 Å². The molecule has 0 radical (unpaired) electrons. The molecule has 0 spiro atoms. The Kier molecular flexibility index (Phi) is 8.12. The molecule has 7 heteroatoms. The van der Waals surface area contributed by atoms with Crippen molar-refractivity contribution in [1.29, 1.82) is 0 Å². The van der Waals surface area contributed by atoms with Crippen LogP contribution in [-0.2, 0) is 14.9 Å². The Morgan fingerprint density at radius 3 is 2.71 bits per heavy atom. The number of rotatable bonds is 9. The minimum Gasteiger partial charge on any atom is -0.380 e. The summed E-state index contributed by atoms with van der Waals surface area (Å²) in [4.78, 5) is 0. The van der Waals surface area contributed by atoms with Crippen LogP contribution in [0.3, 0.4) is 0 Å². The summed E-state index contributed by atoms with van der Waals surface area (Å²) >= 11 is 0. The van der Waals surface area contributed by atoms with Gasteiger partial charge in [-0.25, -0.2) is 0 Å². The van der Waals surface area contributed by atoms with Gasteiger partial charge in [0.05, 0.1) is 6.61 Å². The molecule has 6 nitrogen and oxygen atoms in total. The average molecular weight is 321 g/mol. The van der Waals surface area contributed by atoms with E-state index < -0.39 is 10.2 Å². The summed E-state index contributed by atoms with van der Waals surface area (Å²) in [6, 6.07) is 0.424. The van der Waals surface area contributed by atoms with Crippen LogP contribution in [0.25, 0.3) is 0 Å². The Bertz CT molecular complexity index is 387. The molecule has 21 heavy (non-hydrogen) atoms. The van der Waals surface area contributed by atoms with E-state index in [9.17, 15) is 8.42 Å². The van der Waals surface area contributed by atoms with Crippen molar-refractivity contribution in [3.63, 3.8) is 0 Å². The van der Waals surface area contributed by atoms with Crippen LogP contribution in [0.1, 0.15) is 40.0 Å². The molecule has 0 amide bonds. The van der Waals surface area contributed by atoms with E-state index in [1.165, 1.54) is 4.31 Å². The lowest BCUT2D eigenvalue weighted by Gasteiger charge is -2.37. The van der Waals surface area contributed by atoms with Crippen LogP contribution in [0.5, 0.6) is 0 Å². The average Bonchev–Trinajstić information content (AvgIpc) is 2.45. The van der Waals surface area contributed by atoms with Gasteiger partial charge in [-0.2, -0.15) is 17.0 Å². The lowest BCUT2D eigenvalue weighted by atomic mass is 10.0. The lowest BCUT2D eigenvalue weighted by Crippen LogP contribution is -2.53. The monoisotopic (exact) mass is 321 g/mol. The third-order valence-corrected chi connectivity index (χ3v) is 5.82. The number of nitrogens with one attached hydrogen (secondary N) is 1. The fourth-order valence-electron chi connectivity index (χ4n) is 2.49. The zero-order valence-corrected chi connectivity index (χ0v) is 14.7. The number of hydrogen-bond donors (Lipinski definition) is 1. The van der Waals surface area contributed by atoms with Crippen LogP contribution in [0, 0.1) is 0 Å². The fraction of sp³-hybridized carbons (Fsp3) is 1.00. The second kappa shape index (κ2) is 9.05. The Morgan fingerprint density at radius 2 is 2.10 bits per heavy atom. The summed E-state index contributed by atoms with van der Waals surface area (Å²) in [5.41, 5.74) is 0. The molecule has 0 bridgehead atoms. The quantitative estimate of drug-likeness (QED) is 0.645. The van der Waals surface area contributed by atoms with Crippen molar-refractivity contribution < 1.29 is 13.2 Å². The van der Waals surface area contributed by atoms with Crippen molar-refractivity contribution >= 4 is 10.2 Å². The van der Waals surface area contributed by atoms with Gasteiger partial charge in [0.25, 0.3) is 10.2 Å². The van der Waals surface area contributed by atoms with Crippen LogP contribution < -0.4 is 5.32 Å². The molecule has 1 unspecified atom stereocenters. The van der Waals surface area contributed by atoms with E-state index in [4.69, 9.17) is 4.74 Å². The van der Waals surface area contributed by atoms with Crippen molar-refractivity contribution in [3.05, 3.63) is 0 Å². The fourth-order valence-corrected chi connectivity index (χ4v) is 4.07. The molecule has 1 atom stereocenters. The zero-order valence-electron chi connectivity index (χ0n) is 13.8. The smallest absolute Gasteiger partial charge is 0.282 e. The first-order chi connectivity index (χ1) is 9.89. The summed E-state index contributed by atoms with van der Waals surface area (Å²) in [5, 5.41) is 3.36. The number of nitrogens with zero attached hydrogens (tertiary/aromatic N) is 2. The van der Waals surface area contributed by atoms with E-state index in [1.807, 2.05) is 6.92 Å². The Labute approximate surface area is 130 Å². The van der Waals surface area contributed by atoms with E-state index in [0.717, 1.165) is 25.8 Å². The first-order valence-corrected chi connectivity index (χ1v) is 9.33. The maximum absolute atomic E-state index is 12.7. The Hall–Kier alpha value is -0.210.